The van der Waals surface area contributed by atoms with Gasteiger partial charge in [0.1, 0.15) is 5.75 Å². The highest BCUT2D eigenvalue weighted by Gasteiger charge is 2.10. The molecule has 3 heteroatoms. The lowest BCUT2D eigenvalue weighted by Crippen LogP contribution is -2.24. The molecule has 0 aromatic heterocycles. The van der Waals surface area contributed by atoms with Gasteiger partial charge in [-0.05, 0) is 25.0 Å². The molecule has 94 valence electrons. The summed E-state index contributed by atoms with van der Waals surface area (Å²) in [6.07, 6.45) is 3.02. The van der Waals surface area contributed by atoms with Gasteiger partial charge in [0.15, 0.2) is 0 Å². The topological polar surface area (TPSA) is 38.3 Å². The lowest BCUT2D eigenvalue weighted by atomic mass is 10.2. The van der Waals surface area contributed by atoms with Gasteiger partial charge in [-0.2, -0.15) is 0 Å². The van der Waals surface area contributed by atoms with Crippen LogP contribution in [0.25, 0.3) is 0 Å². The molecule has 0 aliphatic rings. The third kappa shape index (κ3) is 4.47. The van der Waals surface area contributed by atoms with Crippen LogP contribution in [0.4, 0.5) is 0 Å². The Bertz CT molecular complexity index is 350. The van der Waals surface area contributed by atoms with Crippen LogP contribution in [0.15, 0.2) is 24.3 Å². The van der Waals surface area contributed by atoms with Crippen LogP contribution >= 0.6 is 0 Å². The van der Waals surface area contributed by atoms with Gasteiger partial charge in [-0.3, -0.25) is 4.79 Å². The summed E-state index contributed by atoms with van der Waals surface area (Å²) >= 11 is 0. The summed E-state index contributed by atoms with van der Waals surface area (Å²) in [6, 6.07) is 7.37. The zero-order valence-corrected chi connectivity index (χ0v) is 10.7. The predicted molar refractivity (Wildman–Crippen MR) is 69.5 cm³/mol. The highest BCUT2D eigenvalue weighted by Crippen LogP contribution is 2.17. The summed E-state index contributed by atoms with van der Waals surface area (Å²) in [6.45, 7) is 5.51. The Kier molecular flexibility index (Phi) is 6.15. The quantitative estimate of drug-likeness (QED) is 0.738. The molecular weight excluding hydrogens is 214 g/mol. The smallest absolute Gasteiger partial charge is 0.255 e. The first-order valence-electron chi connectivity index (χ1n) is 6.29. The second kappa shape index (κ2) is 7.71. The molecular formula is C14H21NO2. The molecule has 3 nitrogen and oxygen atoms in total. The van der Waals surface area contributed by atoms with Crippen molar-refractivity contribution in [3.8, 4) is 5.75 Å². The second-order valence-electron chi connectivity index (χ2n) is 3.95. The van der Waals surface area contributed by atoms with Crippen LogP contribution in [0.3, 0.4) is 0 Å². The Morgan fingerprint density at radius 3 is 2.71 bits per heavy atom. The molecule has 0 saturated carbocycles. The molecule has 0 heterocycles. The maximum atomic E-state index is 11.9. The summed E-state index contributed by atoms with van der Waals surface area (Å²) in [5.74, 6) is 0.619. The highest BCUT2D eigenvalue weighted by atomic mass is 16.5. The molecule has 1 aromatic carbocycles. The Labute approximate surface area is 103 Å². The minimum absolute atomic E-state index is 0.0508. The van der Waals surface area contributed by atoms with E-state index in [0.717, 1.165) is 25.8 Å². The Morgan fingerprint density at radius 1 is 1.24 bits per heavy atom. The van der Waals surface area contributed by atoms with E-state index in [4.69, 9.17) is 4.74 Å². The van der Waals surface area contributed by atoms with E-state index >= 15 is 0 Å². The van der Waals surface area contributed by atoms with Crippen molar-refractivity contribution in [2.24, 2.45) is 0 Å². The normalized spacial score (nSPS) is 10.0. The first-order valence-corrected chi connectivity index (χ1v) is 6.29. The van der Waals surface area contributed by atoms with E-state index in [1.165, 1.54) is 0 Å². The maximum Gasteiger partial charge on any atom is 0.255 e. The number of para-hydroxylation sites is 1. The van der Waals surface area contributed by atoms with Crippen LogP contribution in [-0.4, -0.2) is 19.1 Å². The number of rotatable bonds is 7. The summed E-state index contributed by atoms with van der Waals surface area (Å²) in [5.41, 5.74) is 0.622. The molecule has 1 rings (SSSR count). The van der Waals surface area contributed by atoms with Gasteiger partial charge in [-0.1, -0.05) is 32.4 Å². The maximum absolute atomic E-state index is 11.9. The van der Waals surface area contributed by atoms with E-state index in [1.54, 1.807) is 6.07 Å². The van der Waals surface area contributed by atoms with Crippen LogP contribution in [0.1, 0.15) is 43.5 Å². The van der Waals surface area contributed by atoms with Crippen molar-refractivity contribution < 1.29 is 9.53 Å². The Morgan fingerprint density at radius 2 is 2.00 bits per heavy atom. The van der Waals surface area contributed by atoms with Crippen molar-refractivity contribution in [2.45, 2.75) is 33.1 Å². The zero-order chi connectivity index (χ0) is 12.5. The van der Waals surface area contributed by atoms with E-state index in [9.17, 15) is 4.79 Å². The average Bonchev–Trinajstić information content (AvgIpc) is 2.37. The van der Waals surface area contributed by atoms with Gasteiger partial charge in [-0.25, -0.2) is 0 Å². The van der Waals surface area contributed by atoms with Crippen LogP contribution < -0.4 is 10.1 Å². The van der Waals surface area contributed by atoms with E-state index < -0.39 is 0 Å². The summed E-state index contributed by atoms with van der Waals surface area (Å²) in [7, 11) is 0. The molecule has 1 N–H and O–H groups in total. The van der Waals surface area contributed by atoms with E-state index in [2.05, 4.69) is 12.2 Å². The number of ether oxygens (including phenoxy) is 1. The fourth-order valence-electron chi connectivity index (χ4n) is 1.47. The molecule has 0 fully saturated rings. The van der Waals surface area contributed by atoms with Gasteiger partial charge in [0.05, 0.1) is 12.2 Å². The van der Waals surface area contributed by atoms with Gasteiger partial charge in [0.25, 0.3) is 5.91 Å². The van der Waals surface area contributed by atoms with Gasteiger partial charge >= 0.3 is 0 Å². The average molecular weight is 235 g/mol. The highest BCUT2D eigenvalue weighted by molar-refractivity contribution is 5.96. The lowest BCUT2D eigenvalue weighted by Gasteiger charge is -2.10. The molecule has 0 aliphatic heterocycles. The largest absolute Gasteiger partial charge is 0.493 e. The summed E-state index contributed by atoms with van der Waals surface area (Å²) < 4.78 is 5.55. The number of hydrogen-bond donors (Lipinski definition) is 1. The van der Waals surface area contributed by atoms with Gasteiger partial charge in [0, 0.05) is 6.54 Å². The van der Waals surface area contributed by atoms with Gasteiger partial charge < -0.3 is 10.1 Å². The number of benzene rings is 1. The first kappa shape index (κ1) is 13.6. The van der Waals surface area contributed by atoms with Crippen molar-refractivity contribution in [3.63, 3.8) is 0 Å². The van der Waals surface area contributed by atoms with Crippen LogP contribution in [0.2, 0.25) is 0 Å². The molecule has 1 aromatic rings. The lowest BCUT2D eigenvalue weighted by molar-refractivity contribution is 0.0949. The SMILES string of the molecule is CCCCNC(=O)c1ccccc1OCCC. The van der Waals surface area contributed by atoms with Crippen molar-refractivity contribution in [2.75, 3.05) is 13.2 Å². The third-order valence-electron chi connectivity index (χ3n) is 2.41. The predicted octanol–water partition coefficient (Wildman–Crippen LogP) is 3.01. The van der Waals surface area contributed by atoms with Crippen LogP contribution in [-0.2, 0) is 0 Å². The van der Waals surface area contributed by atoms with Crippen LogP contribution in [0.5, 0.6) is 5.75 Å². The number of carbonyl (C=O) groups is 1. The number of nitrogens with one attached hydrogen (secondary N) is 1. The van der Waals surface area contributed by atoms with Crippen LogP contribution in [0, 0.1) is 0 Å². The van der Waals surface area contributed by atoms with E-state index in [1.807, 2.05) is 25.1 Å². The monoisotopic (exact) mass is 235 g/mol. The number of carbonyl (C=O) groups excluding carboxylic acids is 1. The molecule has 0 spiro atoms. The molecule has 0 atom stereocenters. The molecule has 0 radical (unpaired) electrons. The van der Waals surface area contributed by atoms with Crippen molar-refractivity contribution in [1.29, 1.82) is 0 Å². The zero-order valence-electron chi connectivity index (χ0n) is 10.7. The molecule has 0 unspecified atom stereocenters. The fraction of sp³-hybridized carbons (Fsp3) is 0.500. The molecule has 0 aliphatic carbocycles. The fourth-order valence-corrected chi connectivity index (χ4v) is 1.47. The van der Waals surface area contributed by atoms with Crippen molar-refractivity contribution in [3.05, 3.63) is 29.8 Å². The van der Waals surface area contributed by atoms with E-state index in [0.29, 0.717) is 17.9 Å². The number of unbranched alkanes of at least 4 members (excludes halogenated alkanes) is 1. The van der Waals surface area contributed by atoms with Gasteiger partial charge in [0.2, 0.25) is 0 Å². The van der Waals surface area contributed by atoms with Gasteiger partial charge in [-0.15, -0.1) is 0 Å². The number of amides is 1. The summed E-state index contributed by atoms with van der Waals surface area (Å²) in [5, 5.41) is 2.90. The molecule has 0 saturated heterocycles. The molecule has 1 amide bonds. The van der Waals surface area contributed by atoms with Crippen molar-refractivity contribution in [1.82, 2.24) is 5.32 Å². The third-order valence-corrected chi connectivity index (χ3v) is 2.41. The number of hydrogen-bond acceptors (Lipinski definition) is 2. The Balaban J connectivity index is 2.64. The standard InChI is InChI=1S/C14H21NO2/c1-3-5-10-15-14(16)12-8-6-7-9-13(12)17-11-4-2/h6-9H,3-5,10-11H2,1-2H3,(H,15,16). The second-order valence-corrected chi connectivity index (χ2v) is 3.95. The first-order chi connectivity index (χ1) is 8.29. The molecule has 0 bridgehead atoms. The molecule has 17 heavy (non-hydrogen) atoms. The minimum atomic E-state index is -0.0508. The van der Waals surface area contributed by atoms with E-state index in [-0.39, 0.29) is 5.91 Å². The minimum Gasteiger partial charge on any atom is -0.493 e. The Hall–Kier alpha value is -1.51. The summed E-state index contributed by atoms with van der Waals surface area (Å²) in [4.78, 5) is 11.9. The van der Waals surface area contributed by atoms with Crippen molar-refractivity contribution >= 4 is 5.91 Å².